The summed E-state index contributed by atoms with van der Waals surface area (Å²) in [5.41, 5.74) is 2.72. The van der Waals surface area contributed by atoms with E-state index in [-0.39, 0.29) is 11.6 Å². The Balaban J connectivity index is 2.06. The van der Waals surface area contributed by atoms with Crippen molar-refractivity contribution in [1.82, 2.24) is 4.90 Å². The number of nitrogens with zero attached hydrogens (tertiary/aromatic N) is 2. The summed E-state index contributed by atoms with van der Waals surface area (Å²) in [6, 6.07) is 8.68. The van der Waals surface area contributed by atoms with Crippen molar-refractivity contribution in [2.45, 2.75) is 44.9 Å². The molecule has 106 valence electrons. The maximum absolute atomic E-state index is 9.86. The highest BCUT2D eigenvalue weighted by atomic mass is 16.3. The van der Waals surface area contributed by atoms with Gasteiger partial charge in [-0.2, -0.15) is 0 Å². The van der Waals surface area contributed by atoms with Gasteiger partial charge in [-0.3, -0.25) is 4.90 Å². The molecule has 19 heavy (non-hydrogen) atoms. The lowest BCUT2D eigenvalue weighted by Gasteiger charge is -2.44. The maximum atomic E-state index is 9.86. The maximum Gasteiger partial charge on any atom is 0.0668 e. The second-order valence-corrected chi connectivity index (χ2v) is 6.45. The van der Waals surface area contributed by atoms with Crippen LogP contribution in [0.5, 0.6) is 0 Å². The second-order valence-electron chi connectivity index (χ2n) is 6.45. The van der Waals surface area contributed by atoms with Crippen molar-refractivity contribution in [3.63, 3.8) is 0 Å². The highest BCUT2D eigenvalue weighted by Crippen LogP contribution is 2.29. The molecule has 1 atom stereocenters. The lowest BCUT2D eigenvalue weighted by Crippen LogP contribution is -2.51. The summed E-state index contributed by atoms with van der Waals surface area (Å²) >= 11 is 0. The van der Waals surface area contributed by atoms with Gasteiger partial charge in [-0.1, -0.05) is 12.1 Å². The van der Waals surface area contributed by atoms with Crippen LogP contribution in [0.15, 0.2) is 24.3 Å². The van der Waals surface area contributed by atoms with Crippen LogP contribution < -0.4 is 4.90 Å². The minimum atomic E-state index is -0.172. The molecule has 0 spiro atoms. The first kappa shape index (κ1) is 14.4. The molecule has 0 amide bonds. The molecule has 1 aliphatic rings. The van der Waals surface area contributed by atoms with Crippen LogP contribution in [0.3, 0.4) is 0 Å². The second kappa shape index (κ2) is 5.51. The molecule has 0 bridgehead atoms. The minimum absolute atomic E-state index is 0.172. The standard InChI is InChI=1S/C16H26N2O/c1-16(2)10-9-15(19)12-18(16)11-13-5-7-14(8-6-13)17(3)4/h5-8,15,19H,9-12H2,1-4H3. The quantitative estimate of drug-likeness (QED) is 0.906. The van der Waals surface area contributed by atoms with Gasteiger partial charge >= 0.3 is 0 Å². The highest BCUT2D eigenvalue weighted by molar-refractivity contribution is 5.46. The van der Waals surface area contributed by atoms with Crippen molar-refractivity contribution in [2.75, 3.05) is 25.5 Å². The molecular weight excluding hydrogens is 236 g/mol. The van der Waals surface area contributed by atoms with E-state index in [1.165, 1.54) is 11.3 Å². The van der Waals surface area contributed by atoms with E-state index >= 15 is 0 Å². The highest BCUT2D eigenvalue weighted by Gasteiger charge is 2.33. The van der Waals surface area contributed by atoms with E-state index in [0.29, 0.717) is 0 Å². The van der Waals surface area contributed by atoms with Crippen LogP contribution in [-0.2, 0) is 6.54 Å². The molecule has 1 N–H and O–H groups in total. The van der Waals surface area contributed by atoms with Crippen molar-refractivity contribution in [3.05, 3.63) is 29.8 Å². The smallest absolute Gasteiger partial charge is 0.0668 e. The van der Waals surface area contributed by atoms with E-state index in [2.05, 4.69) is 62.0 Å². The van der Waals surface area contributed by atoms with Crippen LogP contribution in [0.25, 0.3) is 0 Å². The first-order valence-corrected chi connectivity index (χ1v) is 7.08. The number of benzene rings is 1. The van der Waals surface area contributed by atoms with Crippen LogP contribution >= 0.6 is 0 Å². The zero-order chi connectivity index (χ0) is 14.0. The molecular formula is C16H26N2O. The molecule has 2 rings (SSSR count). The lowest BCUT2D eigenvalue weighted by molar-refractivity contribution is -0.00959. The van der Waals surface area contributed by atoms with Crippen molar-refractivity contribution in [2.24, 2.45) is 0 Å². The predicted molar refractivity (Wildman–Crippen MR) is 80.5 cm³/mol. The molecule has 0 saturated carbocycles. The average Bonchev–Trinajstić information content (AvgIpc) is 2.35. The van der Waals surface area contributed by atoms with Crippen molar-refractivity contribution in [1.29, 1.82) is 0 Å². The summed E-state index contributed by atoms with van der Waals surface area (Å²) in [5.74, 6) is 0. The van der Waals surface area contributed by atoms with Gasteiger partial charge in [0.25, 0.3) is 0 Å². The van der Waals surface area contributed by atoms with Crippen LogP contribution in [0, 0.1) is 0 Å². The Labute approximate surface area is 116 Å². The molecule has 1 fully saturated rings. The number of hydrogen-bond donors (Lipinski definition) is 1. The summed E-state index contributed by atoms with van der Waals surface area (Å²) in [7, 11) is 4.11. The Morgan fingerprint density at radius 3 is 2.47 bits per heavy atom. The summed E-state index contributed by atoms with van der Waals surface area (Å²) < 4.78 is 0. The number of aliphatic hydroxyl groups excluding tert-OH is 1. The molecule has 3 nitrogen and oxygen atoms in total. The monoisotopic (exact) mass is 262 g/mol. The van der Waals surface area contributed by atoms with Gasteiger partial charge in [-0.25, -0.2) is 0 Å². The van der Waals surface area contributed by atoms with Gasteiger partial charge in [0.2, 0.25) is 0 Å². The Kier molecular flexibility index (Phi) is 4.16. The van der Waals surface area contributed by atoms with Gasteiger partial charge in [-0.15, -0.1) is 0 Å². The van der Waals surface area contributed by atoms with E-state index in [4.69, 9.17) is 0 Å². The van der Waals surface area contributed by atoms with Gasteiger partial charge in [0.15, 0.2) is 0 Å². The summed E-state index contributed by atoms with van der Waals surface area (Å²) in [6.07, 6.45) is 1.81. The van der Waals surface area contributed by atoms with E-state index in [1.54, 1.807) is 0 Å². The molecule has 1 aromatic carbocycles. The van der Waals surface area contributed by atoms with Gasteiger partial charge in [0, 0.05) is 38.4 Å². The zero-order valence-corrected chi connectivity index (χ0v) is 12.6. The third-order valence-corrected chi connectivity index (χ3v) is 4.20. The number of rotatable bonds is 3. The number of aliphatic hydroxyl groups is 1. The molecule has 0 aromatic heterocycles. The Bertz CT molecular complexity index is 411. The third kappa shape index (κ3) is 3.48. The molecule has 1 unspecified atom stereocenters. The average molecular weight is 262 g/mol. The van der Waals surface area contributed by atoms with Crippen LogP contribution in [0.4, 0.5) is 5.69 Å². The lowest BCUT2D eigenvalue weighted by atomic mass is 9.88. The van der Waals surface area contributed by atoms with E-state index < -0.39 is 0 Å². The topological polar surface area (TPSA) is 26.7 Å². The van der Waals surface area contributed by atoms with E-state index in [1.807, 2.05) is 0 Å². The molecule has 1 aliphatic heterocycles. The SMILES string of the molecule is CN(C)c1ccc(CN2CC(O)CCC2(C)C)cc1. The number of piperidine rings is 1. The first-order valence-electron chi connectivity index (χ1n) is 7.08. The fraction of sp³-hybridized carbons (Fsp3) is 0.625. The number of hydrogen-bond acceptors (Lipinski definition) is 3. The van der Waals surface area contributed by atoms with Gasteiger partial charge in [0.1, 0.15) is 0 Å². The van der Waals surface area contributed by atoms with Crippen LogP contribution in [-0.4, -0.2) is 42.3 Å². The third-order valence-electron chi connectivity index (χ3n) is 4.20. The van der Waals surface area contributed by atoms with Gasteiger partial charge in [-0.05, 0) is 44.4 Å². The first-order chi connectivity index (χ1) is 8.88. The Morgan fingerprint density at radius 1 is 1.26 bits per heavy atom. The van der Waals surface area contributed by atoms with Crippen molar-refractivity contribution >= 4 is 5.69 Å². The molecule has 0 radical (unpaired) electrons. The van der Waals surface area contributed by atoms with Crippen LogP contribution in [0.2, 0.25) is 0 Å². The number of likely N-dealkylation sites (tertiary alicyclic amines) is 1. The number of β-amino-alcohol motifs (C(OH)–C–C–N with tert-alkyl or cyclic N) is 1. The zero-order valence-electron chi connectivity index (χ0n) is 12.6. The van der Waals surface area contributed by atoms with Gasteiger partial charge in [0.05, 0.1) is 6.10 Å². The van der Waals surface area contributed by atoms with Crippen molar-refractivity contribution < 1.29 is 5.11 Å². The summed E-state index contributed by atoms with van der Waals surface area (Å²) in [5, 5.41) is 9.86. The van der Waals surface area contributed by atoms with E-state index in [9.17, 15) is 5.11 Å². The number of anilines is 1. The minimum Gasteiger partial charge on any atom is -0.392 e. The Hall–Kier alpha value is -1.06. The summed E-state index contributed by atoms with van der Waals surface area (Å²) in [6.45, 7) is 6.24. The fourth-order valence-corrected chi connectivity index (χ4v) is 2.67. The molecule has 3 heteroatoms. The van der Waals surface area contributed by atoms with E-state index in [0.717, 1.165) is 25.9 Å². The molecule has 0 aliphatic carbocycles. The molecule has 1 aromatic rings. The van der Waals surface area contributed by atoms with Gasteiger partial charge < -0.3 is 10.0 Å². The summed E-state index contributed by atoms with van der Waals surface area (Å²) in [4.78, 5) is 4.50. The molecule has 1 heterocycles. The fourth-order valence-electron chi connectivity index (χ4n) is 2.67. The predicted octanol–water partition coefficient (Wildman–Crippen LogP) is 2.49. The van der Waals surface area contributed by atoms with Crippen molar-refractivity contribution in [3.8, 4) is 0 Å². The largest absolute Gasteiger partial charge is 0.392 e. The van der Waals surface area contributed by atoms with Crippen LogP contribution in [0.1, 0.15) is 32.3 Å². The normalized spacial score (nSPS) is 23.3. The Morgan fingerprint density at radius 2 is 1.89 bits per heavy atom. The molecule has 1 saturated heterocycles.